The molecule has 0 aliphatic carbocycles. The summed E-state index contributed by atoms with van der Waals surface area (Å²) in [7, 11) is 1.87. The van der Waals surface area contributed by atoms with Crippen molar-refractivity contribution in [3.05, 3.63) is 5.69 Å². The molecule has 1 aliphatic rings. The van der Waals surface area contributed by atoms with E-state index < -0.39 is 0 Å². The SMILES string of the molecule is CCCc1nn(C)c(N2CCCCC2C(N)=O)c1N. The average molecular weight is 265 g/mol. The van der Waals surface area contributed by atoms with E-state index >= 15 is 0 Å². The average Bonchev–Trinajstić information content (AvgIpc) is 2.65. The Morgan fingerprint density at radius 2 is 2.21 bits per heavy atom. The van der Waals surface area contributed by atoms with Crippen LogP contribution in [0, 0.1) is 0 Å². The maximum Gasteiger partial charge on any atom is 0.240 e. The monoisotopic (exact) mass is 265 g/mol. The van der Waals surface area contributed by atoms with E-state index in [1.165, 1.54) is 0 Å². The van der Waals surface area contributed by atoms with Gasteiger partial charge in [0.15, 0.2) is 5.82 Å². The molecule has 1 aliphatic heterocycles. The van der Waals surface area contributed by atoms with Gasteiger partial charge >= 0.3 is 0 Å². The number of piperidine rings is 1. The van der Waals surface area contributed by atoms with Gasteiger partial charge in [-0.3, -0.25) is 9.48 Å². The highest BCUT2D eigenvalue weighted by atomic mass is 16.1. The number of nitrogens with zero attached hydrogens (tertiary/aromatic N) is 3. The molecule has 2 rings (SSSR count). The van der Waals surface area contributed by atoms with Gasteiger partial charge in [0.05, 0.1) is 11.4 Å². The van der Waals surface area contributed by atoms with Crippen LogP contribution in [0.2, 0.25) is 0 Å². The molecule has 1 aromatic heterocycles. The molecule has 0 aromatic carbocycles. The van der Waals surface area contributed by atoms with Crippen LogP contribution in [0.25, 0.3) is 0 Å². The first-order valence-electron chi connectivity index (χ1n) is 6.93. The van der Waals surface area contributed by atoms with E-state index in [0.29, 0.717) is 5.69 Å². The van der Waals surface area contributed by atoms with Crippen LogP contribution in [-0.4, -0.2) is 28.3 Å². The molecule has 0 spiro atoms. The van der Waals surface area contributed by atoms with E-state index in [1.54, 1.807) is 4.68 Å². The molecule has 0 saturated carbocycles. The largest absolute Gasteiger partial charge is 0.394 e. The first-order chi connectivity index (χ1) is 9.06. The van der Waals surface area contributed by atoms with Crippen molar-refractivity contribution in [2.45, 2.75) is 45.1 Å². The van der Waals surface area contributed by atoms with Crippen LogP contribution in [0.4, 0.5) is 11.5 Å². The van der Waals surface area contributed by atoms with Gasteiger partial charge in [0.2, 0.25) is 5.91 Å². The lowest BCUT2D eigenvalue weighted by Crippen LogP contribution is -2.48. The molecule has 4 N–H and O–H groups in total. The second-order valence-electron chi connectivity index (χ2n) is 5.16. The Labute approximate surface area is 113 Å². The summed E-state index contributed by atoms with van der Waals surface area (Å²) < 4.78 is 1.78. The van der Waals surface area contributed by atoms with E-state index in [4.69, 9.17) is 11.5 Å². The number of hydrogen-bond acceptors (Lipinski definition) is 4. The lowest BCUT2D eigenvalue weighted by Gasteiger charge is -2.35. The molecule has 1 fully saturated rings. The Kier molecular flexibility index (Phi) is 3.97. The Morgan fingerprint density at radius 1 is 1.47 bits per heavy atom. The highest BCUT2D eigenvalue weighted by molar-refractivity contribution is 5.85. The minimum atomic E-state index is -0.280. The standard InChI is InChI=1S/C13H23N5O/c1-3-6-9-11(14)13(17(2)16-9)18-8-5-4-7-10(18)12(15)19/h10H,3-8,14H2,1-2H3,(H2,15,19). The number of carbonyl (C=O) groups excluding carboxylic acids is 1. The summed E-state index contributed by atoms with van der Waals surface area (Å²) in [4.78, 5) is 13.6. The van der Waals surface area contributed by atoms with E-state index in [2.05, 4.69) is 12.0 Å². The molecule has 1 unspecified atom stereocenters. The number of aryl methyl sites for hydroxylation is 2. The van der Waals surface area contributed by atoms with Gasteiger partial charge in [-0.25, -0.2) is 0 Å². The molecule has 1 saturated heterocycles. The number of carbonyl (C=O) groups is 1. The number of aromatic nitrogens is 2. The number of primary amides is 1. The maximum absolute atomic E-state index is 11.6. The number of nitrogen functional groups attached to an aromatic ring is 1. The van der Waals surface area contributed by atoms with Crippen molar-refractivity contribution in [3.63, 3.8) is 0 Å². The predicted octanol–water partition coefficient (Wildman–Crippen LogP) is 0.799. The van der Waals surface area contributed by atoms with Crippen molar-refractivity contribution in [1.82, 2.24) is 9.78 Å². The Balaban J connectivity index is 2.36. The lowest BCUT2D eigenvalue weighted by atomic mass is 10.0. The second-order valence-corrected chi connectivity index (χ2v) is 5.16. The third-order valence-electron chi connectivity index (χ3n) is 3.72. The van der Waals surface area contributed by atoms with E-state index in [9.17, 15) is 4.79 Å². The highest BCUT2D eigenvalue weighted by Crippen LogP contribution is 2.31. The van der Waals surface area contributed by atoms with Gasteiger partial charge in [-0.2, -0.15) is 5.10 Å². The predicted molar refractivity (Wildman–Crippen MR) is 75.8 cm³/mol. The molecule has 1 amide bonds. The fraction of sp³-hybridized carbons (Fsp3) is 0.692. The van der Waals surface area contributed by atoms with Crippen LogP contribution in [0.15, 0.2) is 0 Å². The third kappa shape index (κ3) is 2.52. The molecule has 0 bridgehead atoms. The van der Waals surface area contributed by atoms with Crippen LogP contribution < -0.4 is 16.4 Å². The van der Waals surface area contributed by atoms with Gasteiger partial charge in [0.25, 0.3) is 0 Å². The summed E-state index contributed by atoms with van der Waals surface area (Å²) in [5.41, 5.74) is 13.3. The van der Waals surface area contributed by atoms with Crippen LogP contribution >= 0.6 is 0 Å². The Morgan fingerprint density at radius 3 is 2.84 bits per heavy atom. The first kappa shape index (κ1) is 13.7. The number of anilines is 2. The molecule has 1 atom stereocenters. The number of rotatable bonds is 4. The summed E-state index contributed by atoms with van der Waals surface area (Å²) in [5.74, 6) is 0.560. The van der Waals surface area contributed by atoms with Crippen molar-refractivity contribution in [1.29, 1.82) is 0 Å². The zero-order chi connectivity index (χ0) is 14.0. The van der Waals surface area contributed by atoms with Crippen LogP contribution in [-0.2, 0) is 18.3 Å². The topological polar surface area (TPSA) is 90.2 Å². The molecule has 0 radical (unpaired) electrons. The molecule has 6 heteroatoms. The zero-order valence-corrected chi connectivity index (χ0v) is 11.7. The smallest absolute Gasteiger partial charge is 0.240 e. The molecule has 106 valence electrons. The zero-order valence-electron chi connectivity index (χ0n) is 11.7. The van der Waals surface area contributed by atoms with Crippen LogP contribution in [0.3, 0.4) is 0 Å². The molecule has 1 aromatic rings. The normalized spacial score (nSPS) is 19.7. The summed E-state index contributed by atoms with van der Waals surface area (Å²) >= 11 is 0. The summed E-state index contributed by atoms with van der Waals surface area (Å²) in [6, 6.07) is -0.263. The maximum atomic E-state index is 11.6. The summed E-state index contributed by atoms with van der Waals surface area (Å²) in [5, 5.41) is 4.47. The quantitative estimate of drug-likeness (QED) is 0.842. The molecule has 2 heterocycles. The van der Waals surface area contributed by atoms with E-state index in [-0.39, 0.29) is 11.9 Å². The van der Waals surface area contributed by atoms with Gasteiger partial charge < -0.3 is 16.4 Å². The number of nitrogens with two attached hydrogens (primary N) is 2. The number of amides is 1. The fourth-order valence-corrected chi connectivity index (χ4v) is 2.83. The second kappa shape index (κ2) is 5.50. The summed E-state index contributed by atoms with van der Waals surface area (Å²) in [6.45, 7) is 2.91. The van der Waals surface area contributed by atoms with Crippen molar-refractivity contribution < 1.29 is 4.79 Å². The molecule has 6 nitrogen and oxygen atoms in total. The molecular weight excluding hydrogens is 242 g/mol. The highest BCUT2D eigenvalue weighted by Gasteiger charge is 2.31. The number of hydrogen-bond donors (Lipinski definition) is 2. The van der Waals surface area contributed by atoms with E-state index in [1.807, 2.05) is 11.9 Å². The van der Waals surface area contributed by atoms with Gasteiger partial charge in [0, 0.05) is 13.6 Å². The van der Waals surface area contributed by atoms with Crippen LogP contribution in [0.5, 0.6) is 0 Å². The van der Waals surface area contributed by atoms with E-state index in [0.717, 1.165) is 50.2 Å². The van der Waals surface area contributed by atoms with Crippen molar-refractivity contribution >= 4 is 17.4 Å². The van der Waals surface area contributed by atoms with Gasteiger partial charge in [0.1, 0.15) is 6.04 Å². The van der Waals surface area contributed by atoms with Crippen LogP contribution in [0.1, 0.15) is 38.3 Å². The van der Waals surface area contributed by atoms with Gasteiger partial charge in [-0.15, -0.1) is 0 Å². The van der Waals surface area contributed by atoms with Crippen molar-refractivity contribution in [2.75, 3.05) is 17.2 Å². The molecular formula is C13H23N5O. The van der Waals surface area contributed by atoms with Crippen molar-refractivity contribution in [3.8, 4) is 0 Å². The molecule has 19 heavy (non-hydrogen) atoms. The minimum absolute atomic E-state index is 0.263. The van der Waals surface area contributed by atoms with Gasteiger partial charge in [-0.1, -0.05) is 13.3 Å². The van der Waals surface area contributed by atoms with Gasteiger partial charge in [-0.05, 0) is 25.7 Å². The Bertz CT molecular complexity index is 468. The third-order valence-corrected chi connectivity index (χ3v) is 3.72. The fourth-order valence-electron chi connectivity index (χ4n) is 2.83. The lowest BCUT2D eigenvalue weighted by molar-refractivity contribution is -0.119. The first-order valence-corrected chi connectivity index (χ1v) is 6.93. The summed E-state index contributed by atoms with van der Waals surface area (Å²) in [6.07, 6.45) is 4.74. The Hall–Kier alpha value is -1.72. The minimum Gasteiger partial charge on any atom is -0.394 e. The van der Waals surface area contributed by atoms with Crippen molar-refractivity contribution in [2.24, 2.45) is 12.8 Å².